The lowest BCUT2D eigenvalue weighted by Gasteiger charge is -2.16. The second-order valence-corrected chi connectivity index (χ2v) is 4.34. The predicted octanol–water partition coefficient (Wildman–Crippen LogP) is 1.70. The molecule has 20 heavy (non-hydrogen) atoms. The van der Waals surface area contributed by atoms with E-state index >= 15 is 0 Å². The van der Waals surface area contributed by atoms with Gasteiger partial charge in [0.25, 0.3) is 5.91 Å². The summed E-state index contributed by atoms with van der Waals surface area (Å²) in [7, 11) is 1.64. The normalized spacial score (nSPS) is 10.1. The molecule has 0 aliphatic heterocycles. The molecule has 0 atom stereocenters. The van der Waals surface area contributed by atoms with E-state index in [9.17, 15) is 4.79 Å². The Morgan fingerprint density at radius 1 is 1.45 bits per heavy atom. The molecule has 0 bridgehead atoms. The van der Waals surface area contributed by atoms with Crippen molar-refractivity contribution in [2.45, 2.75) is 13.3 Å². The number of benzene rings is 1. The van der Waals surface area contributed by atoms with Crippen molar-refractivity contribution in [3.8, 4) is 6.07 Å². The first-order chi connectivity index (χ1) is 9.58. The molecule has 0 saturated carbocycles. The summed E-state index contributed by atoms with van der Waals surface area (Å²) in [6.45, 7) is 1.93. The first-order valence-corrected chi connectivity index (χ1v) is 6.19. The molecule has 0 aliphatic carbocycles. The Morgan fingerprint density at radius 3 is 2.60 bits per heavy atom. The summed E-state index contributed by atoms with van der Waals surface area (Å²) in [6.07, 6.45) is 0.687. The van der Waals surface area contributed by atoms with Crippen LogP contribution in [0.1, 0.15) is 28.7 Å². The zero-order chi connectivity index (χ0) is 14.7. The van der Waals surface area contributed by atoms with Crippen molar-refractivity contribution in [3.63, 3.8) is 0 Å². The first-order valence-electron chi connectivity index (χ1n) is 6.19. The Hall–Kier alpha value is -2.81. The summed E-state index contributed by atoms with van der Waals surface area (Å²) in [4.78, 5) is 13.8. The summed E-state index contributed by atoms with van der Waals surface area (Å²) in [5, 5.41) is 15.5. The quantitative estimate of drug-likeness (QED) is 0.885. The van der Waals surface area contributed by atoms with Gasteiger partial charge in [-0.15, -0.1) is 0 Å². The third kappa shape index (κ3) is 2.34. The van der Waals surface area contributed by atoms with Gasteiger partial charge < -0.3 is 10.6 Å². The van der Waals surface area contributed by atoms with E-state index in [4.69, 9.17) is 11.0 Å². The number of aromatic amines is 1. The van der Waals surface area contributed by atoms with E-state index in [1.165, 1.54) is 4.90 Å². The van der Waals surface area contributed by atoms with Crippen molar-refractivity contribution < 1.29 is 4.79 Å². The average Bonchev–Trinajstić information content (AvgIpc) is 2.86. The maximum atomic E-state index is 12.3. The van der Waals surface area contributed by atoms with E-state index in [0.717, 1.165) is 5.69 Å². The van der Waals surface area contributed by atoms with Crippen LogP contribution in [-0.4, -0.2) is 23.2 Å². The van der Waals surface area contributed by atoms with Crippen LogP contribution in [0.2, 0.25) is 0 Å². The van der Waals surface area contributed by atoms with Crippen molar-refractivity contribution in [1.82, 2.24) is 10.2 Å². The van der Waals surface area contributed by atoms with Crippen molar-refractivity contribution in [2.24, 2.45) is 0 Å². The number of nitrogens with one attached hydrogen (secondary N) is 1. The Morgan fingerprint density at radius 2 is 2.10 bits per heavy atom. The lowest BCUT2D eigenvalue weighted by atomic mass is 10.2. The van der Waals surface area contributed by atoms with Crippen LogP contribution in [0.25, 0.3) is 0 Å². The molecule has 0 spiro atoms. The molecule has 1 amide bonds. The van der Waals surface area contributed by atoms with Crippen LogP contribution in [0.3, 0.4) is 0 Å². The lowest BCUT2D eigenvalue weighted by Crippen LogP contribution is -2.27. The van der Waals surface area contributed by atoms with Crippen molar-refractivity contribution in [2.75, 3.05) is 17.7 Å². The third-order valence-corrected chi connectivity index (χ3v) is 3.13. The van der Waals surface area contributed by atoms with E-state index in [0.29, 0.717) is 23.4 Å². The Balaban J connectivity index is 2.27. The summed E-state index contributed by atoms with van der Waals surface area (Å²) in [6, 6.07) is 8.76. The minimum atomic E-state index is -0.289. The summed E-state index contributed by atoms with van der Waals surface area (Å²) in [5.41, 5.74) is 8.47. The van der Waals surface area contributed by atoms with Gasteiger partial charge in [-0.25, -0.2) is 0 Å². The number of anilines is 2. The number of H-pyrrole nitrogens is 1. The lowest BCUT2D eigenvalue weighted by molar-refractivity contribution is 0.0989. The van der Waals surface area contributed by atoms with Gasteiger partial charge in [0.1, 0.15) is 0 Å². The minimum absolute atomic E-state index is 0.216. The second-order valence-electron chi connectivity index (χ2n) is 4.34. The van der Waals surface area contributed by atoms with E-state index in [2.05, 4.69) is 10.2 Å². The fourth-order valence-corrected chi connectivity index (χ4v) is 1.85. The largest absolute Gasteiger partial charge is 0.395 e. The summed E-state index contributed by atoms with van der Waals surface area (Å²) in [5.74, 6) is -0.289. The van der Waals surface area contributed by atoms with Crippen molar-refractivity contribution in [1.29, 1.82) is 5.26 Å². The molecule has 1 aromatic heterocycles. The van der Waals surface area contributed by atoms with Gasteiger partial charge >= 0.3 is 0 Å². The number of nitriles is 1. The highest BCUT2D eigenvalue weighted by atomic mass is 16.2. The van der Waals surface area contributed by atoms with E-state index in [-0.39, 0.29) is 11.6 Å². The summed E-state index contributed by atoms with van der Waals surface area (Å²) >= 11 is 0. The topological polar surface area (TPSA) is 98.8 Å². The van der Waals surface area contributed by atoms with Crippen LogP contribution in [0.4, 0.5) is 11.4 Å². The molecular formula is C14H15N5O. The Bertz CT molecular complexity index is 666. The number of rotatable bonds is 3. The first kappa shape index (κ1) is 13.6. The molecule has 0 saturated heterocycles. The third-order valence-electron chi connectivity index (χ3n) is 3.13. The number of carbonyl (C=O) groups is 1. The van der Waals surface area contributed by atoms with Gasteiger partial charge in [-0.3, -0.25) is 9.89 Å². The van der Waals surface area contributed by atoms with Gasteiger partial charge in [0.15, 0.2) is 5.69 Å². The molecule has 6 heteroatoms. The van der Waals surface area contributed by atoms with Gasteiger partial charge in [-0.2, -0.15) is 10.4 Å². The highest BCUT2D eigenvalue weighted by Gasteiger charge is 2.21. The van der Waals surface area contributed by atoms with E-state index in [1.807, 2.05) is 13.0 Å². The smallest absolute Gasteiger partial charge is 0.280 e. The molecule has 1 aromatic carbocycles. The number of aromatic nitrogens is 2. The van der Waals surface area contributed by atoms with Crippen LogP contribution >= 0.6 is 0 Å². The number of amides is 1. The molecule has 0 unspecified atom stereocenters. The van der Waals surface area contributed by atoms with Crippen molar-refractivity contribution >= 4 is 17.3 Å². The molecular weight excluding hydrogens is 254 g/mol. The standard InChI is InChI=1S/C14H15N5O/c1-3-11-12(16)13(18-17-11)14(20)19(2)10-6-4-9(8-15)5-7-10/h4-7H,3,16H2,1-2H3,(H,17,18). The Kier molecular flexibility index (Phi) is 3.71. The predicted molar refractivity (Wildman–Crippen MR) is 76.3 cm³/mol. The van der Waals surface area contributed by atoms with Crippen LogP contribution in [0, 0.1) is 11.3 Å². The van der Waals surface area contributed by atoms with Gasteiger partial charge in [0.05, 0.1) is 23.0 Å². The molecule has 0 radical (unpaired) electrons. The van der Waals surface area contributed by atoms with Crippen LogP contribution in [0.15, 0.2) is 24.3 Å². The summed E-state index contributed by atoms with van der Waals surface area (Å²) < 4.78 is 0. The number of nitrogens with zero attached hydrogens (tertiary/aromatic N) is 3. The van der Waals surface area contributed by atoms with Gasteiger partial charge in [0, 0.05) is 12.7 Å². The number of hydrogen-bond acceptors (Lipinski definition) is 4. The van der Waals surface area contributed by atoms with Crippen LogP contribution in [-0.2, 0) is 6.42 Å². The minimum Gasteiger partial charge on any atom is -0.395 e. The maximum absolute atomic E-state index is 12.3. The van der Waals surface area contributed by atoms with Crippen LogP contribution < -0.4 is 10.6 Å². The fraction of sp³-hybridized carbons (Fsp3) is 0.214. The highest BCUT2D eigenvalue weighted by molar-refractivity contribution is 6.07. The number of carbonyl (C=O) groups excluding carboxylic acids is 1. The fourth-order valence-electron chi connectivity index (χ4n) is 1.85. The van der Waals surface area contributed by atoms with Gasteiger partial charge in [-0.1, -0.05) is 6.92 Å². The number of aryl methyl sites for hydroxylation is 1. The number of nitrogens with two attached hydrogens (primary N) is 1. The van der Waals surface area contributed by atoms with Crippen molar-refractivity contribution in [3.05, 3.63) is 41.2 Å². The molecule has 1 heterocycles. The highest BCUT2D eigenvalue weighted by Crippen LogP contribution is 2.20. The molecule has 0 aliphatic rings. The van der Waals surface area contributed by atoms with Gasteiger partial charge in [0.2, 0.25) is 0 Å². The molecule has 102 valence electrons. The number of hydrogen-bond donors (Lipinski definition) is 2. The van der Waals surface area contributed by atoms with Gasteiger partial charge in [-0.05, 0) is 30.7 Å². The SMILES string of the molecule is CCc1[nH]nc(C(=O)N(C)c2ccc(C#N)cc2)c1N. The molecule has 2 aromatic rings. The number of nitrogen functional groups attached to an aromatic ring is 1. The molecule has 3 N–H and O–H groups in total. The zero-order valence-corrected chi connectivity index (χ0v) is 11.3. The van der Waals surface area contributed by atoms with E-state index in [1.54, 1.807) is 31.3 Å². The Labute approximate surface area is 116 Å². The monoisotopic (exact) mass is 269 g/mol. The zero-order valence-electron chi connectivity index (χ0n) is 11.3. The molecule has 6 nitrogen and oxygen atoms in total. The van der Waals surface area contributed by atoms with Crippen LogP contribution in [0.5, 0.6) is 0 Å². The maximum Gasteiger partial charge on any atom is 0.280 e. The average molecular weight is 269 g/mol. The van der Waals surface area contributed by atoms with E-state index < -0.39 is 0 Å². The molecule has 2 rings (SSSR count). The molecule has 0 fully saturated rings. The second kappa shape index (κ2) is 5.45.